The molecule has 1 amide bonds. The molecule has 0 saturated carbocycles. The van der Waals surface area contributed by atoms with Crippen LogP contribution in [0.2, 0.25) is 5.02 Å². The monoisotopic (exact) mass is 358 g/mol. The van der Waals surface area contributed by atoms with Gasteiger partial charge in [0.05, 0.1) is 17.1 Å². The highest BCUT2D eigenvalue weighted by Crippen LogP contribution is 2.23. The third kappa shape index (κ3) is 4.10. The van der Waals surface area contributed by atoms with E-state index in [1.54, 1.807) is 0 Å². The fourth-order valence-corrected chi connectivity index (χ4v) is 1.84. The zero-order valence-corrected chi connectivity index (χ0v) is 12.5. The average Bonchev–Trinajstić information content (AvgIpc) is 2.89. The number of nitrogens with zero attached hydrogens (tertiary/aromatic N) is 3. The highest BCUT2D eigenvalue weighted by Gasteiger charge is 2.22. The lowest BCUT2D eigenvalue weighted by Crippen LogP contribution is -2.18. The smallest absolute Gasteiger partial charge is 0.303 e. The third-order valence-electron chi connectivity index (χ3n) is 2.74. The second kappa shape index (κ2) is 7.13. The van der Waals surface area contributed by atoms with E-state index in [1.807, 2.05) is 0 Å². The summed E-state index contributed by atoms with van der Waals surface area (Å²) in [7, 11) is 0. The number of benzene rings is 1. The fourth-order valence-electron chi connectivity index (χ4n) is 1.63. The Bertz CT molecular complexity index is 824. The van der Waals surface area contributed by atoms with Crippen molar-refractivity contribution < 1.29 is 28.3 Å². The SMILES string of the molecule is O=C(O)CCC(=O)n1nc(F)c(C(=O)Nc2ccc(F)cc2Cl)n1. The number of rotatable bonds is 5. The van der Waals surface area contributed by atoms with Crippen molar-refractivity contribution in [3.63, 3.8) is 0 Å². The predicted molar refractivity (Wildman–Crippen MR) is 76.8 cm³/mol. The first-order valence-electron chi connectivity index (χ1n) is 6.42. The maximum absolute atomic E-state index is 13.7. The second-order valence-corrected chi connectivity index (χ2v) is 4.90. The molecule has 1 heterocycles. The van der Waals surface area contributed by atoms with Gasteiger partial charge in [-0.1, -0.05) is 11.6 Å². The van der Waals surface area contributed by atoms with Crippen LogP contribution in [0.1, 0.15) is 28.1 Å². The minimum atomic E-state index is -1.32. The third-order valence-corrected chi connectivity index (χ3v) is 3.06. The molecule has 11 heteroatoms. The van der Waals surface area contributed by atoms with E-state index in [0.717, 1.165) is 18.2 Å². The van der Waals surface area contributed by atoms with Gasteiger partial charge in [0.1, 0.15) is 5.82 Å². The molecular weight excluding hydrogens is 350 g/mol. The number of halogens is 3. The summed E-state index contributed by atoms with van der Waals surface area (Å²) in [6, 6.07) is 3.14. The Morgan fingerprint density at radius 3 is 2.54 bits per heavy atom. The van der Waals surface area contributed by atoms with Gasteiger partial charge in [0.2, 0.25) is 5.69 Å². The summed E-state index contributed by atoms with van der Waals surface area (Å²) in [6.07, 6.45) is -0.955. The molecule has 2 aromatic rings. The van der Waals surface area contributed by atoms with Crippen molar-refractivity contribution >= 4 is 35.1 Å². The Morgan fingerprint density at radius 2 is 1.92 bits per heavy atom. The summed E-state index contributed by atoms with van der Waals surface area (Å²) in [5, 5.41) is 17.1. The number of carboxylic acids is 1. The molecule has 0 unspecified atom stereocenters. The van der Waals surface area contributed by atoms with Gasteiger partial charge in [0.25, 0.3) is 17.8 Å². The van der Waals surface area contributed by atoms with Crippen LogP contribution in [0.25, 0.3) is 0 Å². The number of hydrogen-bond acceptors (Lipinski definition) is 5. The van der Waals surface area contributed by atoms with Crippen LogP contribution in [0.3, 0.4) is 0 Å². The van der Waals surface area contributed by atoms with Crippen molar-refractivity contribution in [2.45, 2.75) is 12.8 Å². The number of anilines is 1. The van der Waals surface area contributed by atoms with Gasteiger partial charge in [0, 0.05) is 6.42 Å². The van der Waals surface area contributed by atoms with E-state index in [9.17, 15) is 23.2 Å². The molecule has 1 aromatic carbocycles. The van der Waals surface area contributed by atoms with Crippen molar-refractivity contribution in [1.29, 1.82) is 0 Å². The molecule has 0 aliphatic carbocycles. The highest BCUT2D eigenvalue weighted by molar-refractivity contribution is 6.33. The number of carbonyl (C=O) groups is 3. The number of hydrogen-bond donors (Lipinski definition) is 2. The predicted octanol–water partition coefficient (Wildman–Crippen LogP) is 1.97. The van der Waals surface area contributed by atoms with Crippen molar-refractivity contribution in [3.8, 4) is 0 Å². The van der Waals surface area contributed by atoms with E-state index in [2.05, 4.69) is 15.5 Å². The van der Waals surface area contributed by atoms with Crippen LogP contribution < -0.4 is 5.32 Å². The van der Waals surface area contributed by atoms with Gasteiger partial charge in [-0.05, 0) is 18.2 Å². The number of carboxylic acid groups (broad SMARTS) is 1. The number of nitrogens with one attached hydrogen (secondary N) is 1. The Morgan fingerprint density at radius 1 is 1.21 bits per heavy atom. The molecule has 1 aromatic heterocycles. The van der Waals surface area contributed by atoms with Crippen LogP contribution in [0.5, 0.6) is 0 Å². The highest BCUT2D eigenvalue weighted by atomic mass is 35.5. The Balaban J connectivity index is 2.15. The Labute approximate surface area is 138 Å². The first kappa shape index (κ1) is 17.5. The summed E-state index contributed by atoms with van der Waals surface area (Å²) in [5.74, 6) is -5.12. The molecule has 2 N–H and O–H groups in total. The van der Waals surface area contributed by atoms with Crippen LogP contribution in [0.4, 0.5) is 14.5 Å². The van der Waals surface area contributed by atoms with Crippen LogP contribution in [-0.2, 0) is 4.79 Å². The molecule has 0 radical (unpaired) electrons. The minimum Gasteiger partial charge on any atom is -0.481 e. The van der Waals surface area contributed by atoms with Gasteiger partial charge in [-0.15, -0.1) is 15.0 Å². The zero-order valence-electron chi connectivity index (χ0n) is 11.8. The molecule has 0 fully saturated rings. The lowest BCUT2D eigenvalue weighted by molar-refractivity contribution is -0.137. The van der Waals surface area contributed by atoms with Crippen LogP contribution >= 0.6 is 11.6 Å². The summed E-state index contributed by atoms with van der Waals surface area (Å²) >= 11 is 5.73. The summed E-state index contributed by atoms with van der Waals surface area (Å²) in [4.78, 5) is 34.2. The average molecular weight is 359 g/mol. The summed E-state index contributed by atoms with van der Waals surface area (Å²) in [6.45, 7) is 0. The molecular formula is C13H9ClF2N4O4. The van der Waals surface area contributed by atoms with Crippen molar-refractivity contribution in [2.75, 3.05) is 5.32 Å². The first-order chi connectivity index (χ1) is 11.3. The molecule has 8 nitrogen and oxygen atoms in total. The van der Waals surface area contributed by atoms with Gasteiger partial charge >= 0.3 is 5.97 Å². The minimum absolute atomic E-state index is 0.00854. The van der Waals surface area contributed by atoms with E-state index in [1.165, 1.54) is 0 Å². The van der Waals surface area contributed by atoms with E-state index in [4.69, 9.17) is 16.7 Å². The summed E-state index contributed by atoms with van der Waals surface area (Å²) in [5.41, 5.74) is -0.784. The molecule has 0 aliphatic rings. The number of carbonyl (C=O) groups excluding carboxylic acids is 2. The summed E-state index contributed by atoms with van der Waals surface area (Å²) < 4.78 is 26.6. The molecule has 0 aliphatic heterocycles. The first-order valence-corrected chi connectivity index (χ1v) is 6.80. The van der Waals surface area contributed by atoms with Crippen LogP contribution in [0.15, 0.2) is 18.2 Å². The quantitative estimate of drug-likeness (QED) is 0.844. The number of aromatic nitrogens is 3. The van der Waals surface area contributed by atoms with E-state index < -0.39 is 48.1 Å². The topological polar surface area (TPSA) is 114 Å². The molecule has 0 spiro atoms. The largest absolute Gasteiger partial charge is 0.481 e. The van der Waals surface area contributed by atoms with Gasteiger partial charge < -0.3 is 10.4 Å². The van der Waals surface area contributed by atoms with Gasteiger partial charge in [-0.25, -0.2) is 4.39 Å². The van der Waals surface area contributed by atoms with Crippen molar-refractivity contribution in [1.82, 2.24) is 15.0 Å². The maximum atomic E-state index is 13.7. The zero-order chi connectivity index (χ0) is 17.9. The van der Waals surface area contributed by atoms with Gasteiger partial charge in [-0.2, -0.15) is 4.39 Å². The standard InChI is InChI=1S/C13H9ClF2N4O4/c14-7-5-6(15)1-2-8(7)17-13(24)11-12(16)19-20(18-11)9(21)3-4-10(22)23/h1-2,5H,3-4H2,(H,17,24)(H,22,23). The molecule has 0 bridgehead atoms. The van der Waals surface area contributed by atoms with Crippen molar-refractivity contribution in [2.24, 2.45) is 0 Å². The van der Waals surface area contributed by atoms with Crippen molar-refractivity contribution in [3.05, 3.63) is 40.7 Å². The lowest BCUT2D eigenvalue weighted by Gasteiger charge is -2.05. The molecule has 126 valence electrons. The van der Waals surface area contributed by atoms with Gasteiger partial charge in [-0.3, -0.25) is 14.4 Å². The molecule has 0 atom stereocenters. The Hall–Kier alpha value is -2.88. The van der Waals surface area contributed by atoms with E-state index >= 15 is 0 Å². The lowest BCUT2D eigenvalue weighted by atomic mass is 10.3. The Kier molecular flexibility index (Phi) is 5.19. The van der Waals surface area contributed by atoms with Gasteiger partial charge in [0.15, 0.2) is 0 Å². The van der Waals surface area contributed by atoms with E-state index in [-0.39, 0.29) is 10.7 Å². The molecule has 2 rings (SSSR count). The second-order valence-electron chi connectivity index (χ2n) is 4.49. The fraction of sp³-hybridized carbons (Fsp3) is 0.154. The van der Waals surface area contributed by atoms with Crippen LogP contribution in [-0.4, -0.2) is 37.9 Å². The maximum Gasteiger partial charge on any atom is 0.303 e. The number of amides is 1. The molecule has 0 saturated heterocycles. The van der Waals surface area contributed by atoms with Crippen LogP contribution in [0, 0.1) is 11.8 Å². The van der Waals surface area contributed by atoms with E-state index in [0.29, 0.717) is 4.80 Å². The number of aliphatic carboxylic acids is 1. The molecule has 24 heavy (non-hydrogen) atoms. The normalized spacial score (nSPS) is 10.5.